The second-order valence-corrected chi connectivity index (χ2v) is 10.9. The van der Waals surface area contributed by atoms with Gasteiger partial charge in [-0.1, -0.05) is 6.07 Å². The molecule has 2 bridgehead atoms. The van der Waals surface area contributed by atoms with Crippen LogP contribution in [0, 0.1) is 0 Å². The van der Waals surface area contributed by atoms with Crippen molar-refractivity contribution in [3.63, 3.8) is 0 Å². The van der Waals surface area contributed by atoms with Crippen LogP contribution in [0.4, 0.5) is 4.79 Å². The second kappa shape index (κ2) is 7.93. The first kappa shape index (κ1) is 23.6. The number of phenols is 1. The van der Waals surface area contributed by atoms with E-state index in [-0.39, 0.29) is 23.7 Å². The van der Waals surface area contributed by atoms with E-state index in [0.717, 1.165) is 37.2 Å². The minimum Gasteiger partial charge on any atom is -0.508 e. The van der Waals surface area contributed by atoms with Crippen molar-refractivity contribution in [1.82, 2.24) is 19.6 Å². The van der Waals surface area contributed by atoms with Gasteiger partial charge in [-0.2, -0.15) is 0 Å². The van der Waals surface area contributed by atoms with E-state index >= 15 is 0 Å². The maximum Gasteiger partial charge on any atom is 0.327 e. The number of phenolic OH excluding ortho intramolecular Hbond substituents is 1. The van der Waals surface area contributed by atoms with Crippen molar-refractivity contribution in [3.8, 4) is 5.75 Å². The summed E-state index contributed by atoms with van der Waals surface area (Å²) in [6, 6.07) is 5.23. The summed E-state index contributed by atoms with van der Waals surface area (Å²) in [7, 11) is 4.13. The van der Waals surface area contributed by atoms with Crippen LogP contribution in [0.5, 0.6) is 5.75 Å². The Morgan fingerprint density at radius 1 is 1.12 bits per heavy atom. The number of likely N-dealkylation sites (tertiary alicyclic amines) is 1. The third kappa shape index (κ3) is 2.94. The number of carbonyl (C=O) groups excluding carboxylic acids is 2. The maximum atomic E-state index is 13.8. The van der Waals surface area contributed by atoms with Gasteiger partial charge in [0.15, 0.2) is 0 Å². The molecule has 2 aliphatic carbocycles. The minimum absolute atomic E-state index is 0.0554. The number of fused-ring (bicyclic) bond motifs is 1. The molecule has 34 heavy (non-hydrogen) atoms. The normalized spacial score (nSPS) is 35.3. The van der Waals surface area contributed by atoms with Gasteiger partial charge in [0.2, 0.25) is 0 Å². The summed E-state index contributed by atoms with van der Waals surface area (Å²) < 4.78 is 0. The summed E-state index contributed by atoms with van der Waals surface area (Å²) in [5.74, 6) is 0.0529. The molecule has 1 spiro atoms. The fourth-order valence-corrected chi connectivity index (χ4v) is 7.63. The average Bonchev–Trinajstić information content (AvgIpc) is 2.99. The van der Waals surface area contributed by atoms with Crippen molar-refractivity contribution in [3.05, 3.63) is 29.3 Å². The van der Waals surface area contributed by atoms with Gasteiger partial charge in [0, 0.05) is 37.6 Å². The van der Waals surface area contributed by atoms with Crippen LogP contribution in [0.3, 0.4) is 0 Å². The Hall–Kier alpha value is -2.16. The Kier molecular flexibility index (Phi) is 5.50. The number of imide groups is 1. The van der Waals surface area contributed by atoms with Crippen LogP contribution in [0.1, 0.15) is 50.7 Å². The molecule has 1 saturated carbocycles. The zero-order valence-electron chi connectivity index (χ0n) is 20.9. The third-order valence-corrected chi connectivity index (χ3v) is 9.27. The third-order valence-electron chi connectivity index (χ3n) is 9.27. The quantitative estimate of drug-likeness (QED) is 0.638. The molecule has 2 N–H and O–H groups in total. The van der Waals surface area contributed by atoms with E-state index in [9.17, 15) is 19.8 Å². The summed E-state index contributed by atoms with van der Waals surface area (Å²) >= 11 is 0. The smallest absolute Gasteiger partial charge is 0.327 e. The Morgan fingerprint density at radius 3 is 2.56 bits per heavy atom. The second-order valence-electron chi connectivity index (χ2n) is 10.9. The van der Waals surface area contributed by atoms with Crippen molar-refractivity contribution in [2.45, 2.75) is 68.5 Å². The van der Waals surface area contributed by atoms with E-state index in [4.69, 9.17) is 0 Å². The van der Waals surface area contributed by atoms with E-state index in [1.807, 2.05) is 19.9 Å². The molecule has 0 aromatic heterocycles. The first-order valence-corrected chi connectivity index (χ1v) is 12.7. The first-order chi connectivity index (χ1) is 16.1. The molecular weight excluding hydrogens is 432 g/mol. The molecule has 8 nitrogen and oxygen atoms in total. The lowest BCUT2D eigenvalue weighted by Crippen LogP contribution is -2.76. The molecule has 186 valence electrons. The number of aliphatic hydroxyl groups is 1. The molecule has 2 heterocycles. The Labute approximate surface area is 202 Å². The lowest BCUT2D eigenvalue weighted by Gasteiger charge is -2.66. The zero-order chi connectivity index (χ0) is 24.5. The standard InChI is InChI=1S/C26H38N4O4/c1-5-29-22(32)25(30(6-2)23(29)33)9-10-26(34)21-15-18-7-8-19(31)16-20(18)24(26,17-25)11-12-28(21)14-13-27(3)4/h7-8,16,21,31,34H,5-6,9-15,17H2,1-4H3/t21-,24-,25+,26-/m1/s1. The van der Waals surface area contributed by atoms with Crippen LogP contribution >= 0.6 is 0 Å². The van der Waals surface area contributed by atoms with Gasteiger partial charge in [0.25, 0.3) is 5.91 Å². The molecule has 4 atom stereocenters. The van der Waals surface area contributed by atoms with E-state index in [0.29, 0.717) is 38.8 Å². The number of urea groups is 1. The Bertz CT molecular complexity index is 1010. The molecule has 5 rings (SSSR count). The van der Waals surface area contributed by atoms with Crippen LogP contribution in [0.2, 0.25) is 0 Å². The lowest BCUT2D eigenvalue weighted by atomic mass is 9.46. The van der Waals surface area contributed by atoms with Crippen molar-refractivity contribution in [2.24, 2.45) is 0 Å². The monoisotopic (exact) mass is 470 g/mol. The first-order valence-electron chi connectivity index (χ1n) is 12.7. The fraction of sp³-hybridized carbons (Fsp3) is 0.692. The maximum absolute atomic E-state index is 13.8. The van der Waals surface area contributed by atoms with Crippen molar-refractivity contribution < 1.29 is 19.8 Å². The van der Waals surface area contributed by atoms with Crippen LogP contribution in [-0.2, 0) is 16.6 Å². The van der Waals surface area contributed by atoms with E-state index in [2.05, 4.69) is 23.9 Å². The summed E-state index contributed by atoms with van der Waals surface area (Å²) in [5.41, 5.74) is -0.560. The molecule has 4 aliphatic rings. The van der Waals surface area contributed by atoms with Crippen LogP contribution in [0.15, 0.2) is 18.2 Å². The zero-order valence-corrected chi connectivity index (χ0v) is 20.9. The van der Waals surface area contributed by atoms with Crippen LogP contribution in [-0.4, -0.2) is 106 Å². The molecule has 8 heteroatoms. The van der Waals surface area contributed by atoms with E-state index < -0.39 is 16.6 Å². The number of benzene rings is 1. The number of amides is 3. The molecule has 3 fully saturated rings. The van der Waals surface area contributed by atoms with E-state index in [1.165, 1.54) is 4.90 Å². The number of carbonyl (C=O) groups is 2. The predicted molar refractivity (Wildman–Crippen MR) is 129 cm³/mol. The topological polar surface area (TPSA) is 87.6 Å². The SMILES string of the molecule is CCN1C(=O)N(CC)[C@]2(CC[C@@]3(O)[C@H]4Cc5ccc(O)cc5[C@@]3(CCN4CCN(C)C)C2)C1=O. The number of piperidine rings is 1. The molecule has 0 unspecified atom stereocenters. The van der Waals surface area contributed by atoms with Gasteiger partial charge in [-0.05, 0) is 89.9 Å². The van der Waals surface area contributed by atoms with Crippen LogP contribution in [0.25, 0.3) is 0 Å². The highest BCUT2D eigenvalue weighted by Crippen LogP contribution is 2.62. The summed E-state index contributed by atoms with van der Waals surface area (Å²) in [4.78, 5) is 34.7. The van der Waals surface area contributed by atoms with Gasteiger partial charge in [-0.15, -0.1) is 0 Å². The number of likely N-dealkylation sites (N-methyl/N-ethyl adjacent to an activating group) is 3. The van der Waals surface area contributed by atoms with Gasteiger partial charge >= 0.3 is 6.03 Å². The molecule has 1 aromatic rings. The molecular formula is C26H38N4O4. The Morgan fingerprint density at radius 2 is 1.88 bits per heavy atom. The van der Waals surface area contributed by atoms with Gasteiger partial charge in [0.05, 0.1) is 5.60 Å². The minimum atomic E-state index is -1.02. The highest BCUT2D eigenvalue weighted by molar-refractivity contribution is 6.07. The largest absolute Gasteiger partial charge is 0.508 e. The highest BCUT2D eigenvalue weighted by atomic mass is 16.3. The van der Waals surface area contributed by atoms with Gasteiger partial charge in [-0.3, -0.25) is 14.6 Å². The molecule has 2 saturated heterocycles. The number of rotatable bonds is 5. The number of hydrogen-bond donors (Lipinski definition) is 2. The highest BCUT2D eigenvalue weighted by Gasteiger charge is 2.71. The van der Waals surface area contributed by atoms with Gasteiger partial charge in [-0.25, -0.2) is 4.79 Å². The molecule has 3 amide bonds. The summed E-state index contributed by atoms with van der Waals surface area (Å²) in [6.07, 6.45) is 2.74. The molecule has 0 radical (unpaired) electrons. The summed E-state index contributed by atoms with van der Waals surface area (Å²) in [5, 5.41) is 23.0. The fourth-order valence-electron chi connectivity index (χ4n) is 7.63. The average molecular weight is 471 g/mol. The number of aromatic hydroxyl groups is 1. The molecule has 2 aliphatic heterocycles. The lowest BCUT2D eigenvalue weighted by molar-refractivity contribution is -0.188. The van der Waals surface area contributed by atoms with Crippen molar-refractivity contribution >= 4 is 11.9 Å². The van der Waals surface area contributed by atoms with Crippen molar-refractivity contribution in [1.29, 1.82) is 0 Å². The van der Waals surface area contributed by atoms with E-state index in [1.54, 1.807) is 17.0 Å². The van der Waals surface area contributed by atoms with Gasteiger partial charge < -0.3 is 20.0 Å². The molecule has 1 aromatic carbocycles. The predicted octanol–water partition coefficient (Wildman–Crippen LogP) is 1.78. The van der Waals surface area contributed by atoms with Gasteiger partial charge in [0.1, 0.15) is 11.3 Å². The van der Waals surface area contributed by atoms with Crippen molar-refractivity contribution in [2.75, 3.05) is 46.8 Å². The van der Waals surface area contributed by atoms with Crippen LogP contribution < -0.4 is 0 Å². The Balaban J connectivity index is 1.64. The summed E-state index contributed by atoms with van der Waals surface area (Å²) in [6.45, 7) is 7.18. The number of nitrogens with zero attached hydrogens (tertiary/aromatic N) is 4. The number of hydrogen-bond acceptors (Lipinski definition) is 6.